The van der Waals surface area contributed by atoms with Crippen LogP contribution in [0, 0.1) is 5.92 Å². The summed E-state index contributed by atoms with van der Waals surface area (Å²) in [4.78, 5) is 12.7. The van der Waals surface area contributed by atoms with Gasteiger partial charge in [-0.15, -0.1) is 0 Å². The predicted octanol–water partition coefficient (Wildman–Crippen LogP) is 4.75. The molecule has 0 atom stereocenters. The number of aromatic amines is 1. The fourth-order valence-corrected chi connectivity index (χ4v) is 4.30. The second kappa shape index (κ2) is 5.87. The third-order valence-corrected chi connectivity index (χ3v) is 5.82. The molecule has 0 saturated heterocycles. The highest BCUT2D eigenvalue weighted by Crippen LogP contribution is 2.38. The van der Waals surface area contributed by atoms with Crippen LogP contribution in [0.25, 0.3) is 27.7 Å². The number of imidazole rings is 1. The van der Waals surface area contributed by atoms with Crippen LogP contribution in [-0.4, -0.2) is 19.4 Å². The van der Waals surface area contributed by atoms with Crippen molar-refractivity contribution in [3.05, 3.63) is 48.7 Å². The summed E-state index contributed by atoms with van der Waals surface area (Å²) in [6, 6.07) is 8.47. The van der Waals surface area contributed by atoms with E-state index in [1.54, 1.807) is 6.20 Å². The maximum absolute atomic E-state index is 6.27. The first-order chi connectivity index (χ1) is 12.7. The van der Waals surface area contributed by atoms with Crippen LogP contribution in [-0.2, 0) is 0 Å². The molecule has 5 nitrogen and oxygen atoms in total. The molecular weight excluding hydrogens is 322 g/mol. The van der Waals surface area contributed by atoms with E-state index in [1.165, 1.54) is 31.1 Å². The van der Waals surface area contributed by atoms with Crippen LogP contribution in [0.3, 0.4) is 0 Å². The van der Waals surface area contributed by atoms with Gasteiger partial charge in [0, 0.05) is 41.0 Å². The Morgan fingerprint density at radius 1 is 1.15 bits per heavy atom. The number of fused-ring (bicyclic) bond motifs is 2. The van der Waals surface area contributed by atoms with Crippen molar-refractivity contribution in [3.8, 4) is 11.3 Å². The van der Waals surface area contributed by atoms with Crippen molar-refractivity contribution in [2.45, 2.75) is 38.5 Å². The number of benzene rings is 1. The molecule has 3 aromatic heterocycles. The van der Waals surface area contributed by atoms with E-state index in [0.29, 0.717) is 11.7 Å². The monoisotopic (exact) mass is 345 g/mol. The summed E-state index contributed by atoms with van der Waals surface area (Å²) in [5, 5.41) is 1.18. The van der Waals surface area contributed by atoms with E-state index in [-0.39, 0.29) is 0 Å². The van der Waals surface area contributed by atoms with E-state index in [4.69, 9.17) is 10.7 Å². The second-order valence-electron chi connectivity index (χ2n) is 7.59. The Morgan fingerprint density at radius 2 is 2.00 bits per heavy atom. The Bertz CT molecular complexity index is 1080. The Kier molecular flexibility index (Phi) is 3.48. The molecule has 3 heterocycles. The minimum atomic E-state index is 0.491. The van der Waals surface area contributed by atoms with E-state index in [9.17, 15) is 0 Å². The number of hydrogen-bond donors (Lipinski definition) is 2. The number of aromatic nitrogens is 4. The number of nitrogens with one attached hydrogen (secondary N) is 1. The lowest BCUT2D eigenvalue weighted by molar-refractivity contribution is 0.339. The maximum Gasteiger partial charge on any atom is 0.150 e. The summed E-state index contributed by atoms with van der Waals surface area (Å²) in [6.45, 7) is 2.35. The highest BCUT2D eigenvalue weighted by molar-refractivity contribution is 5.91. The number of nitrogen functional groups attached to an aromatic ring is 1. The van der Waals surface area contributed by atoms with Crippen LogP contribution in [0.2, 0.25) is 0 Å². The van der Waals surface area contributed by atoms with E-state index in [0.717, 1.165) is 34.0 Å². The summed E-state index contributed by atoms with van der Waals surface area (Å²) in [7, 11) is 0. The SMILES string of the molecule is CC1CCC(c2nc(-c3ccc4[nH]ccc4c3)c3c(N)nccn23)CC1. The topological polar surface area (TPSA) is 72.0 Å². The molecule has 0 spiro atoms. The molecule has 4 aromatic rings. The Balaban J connectivity index is 1.69. The zero-order valence-corrected chi connectivity index (χ0v) is 14.9. The molecule has 0 bridgehead atoms. The summed E-state index contributed by atoms with van der Waals surface area (Å²) < 4.78 is 2.17. The third kappa shape index (κ3) is 2.38. The van der Waals surface area contributed by atoms with Gasteiger partial charge in [-0.25, -0.2) is 9.97 Å². The molecule has 0 aliphatic heterocycles. The van der Waals surface area contributed by atoms with Crippen molar-refractivity contribution in [1.29, 1.82) is 0 Å². The minimum Gasteiger partial charge on any atom is -0.382 e. The van der Waals surface area contributed by atoms with Crippen molar-refractivity contribution in [2.75, 3.05) is 5.73 Å². The molecule has 132 valence electrons. The van der Waals surface area contributed by atoms with Gasteiger partial charge in [-0.3, -0.25) is 4.40 Å². The lowest BCUT2D eigenvalue weighted by atomic mass is 9.82. The van der Waals surface area contributed by atoms with Gasteiger partial charge in [0.15, 0.2) is 0 Å². The third-order valence-electron chi connectivity index (χ3n) is 5.82. The molecule has 1 aliphatic rings. The maximum atomic E-state index is 6.27. The lowest BCUT2D eigenvalue weighted by Gasteiger charge is -2.25. The van der Waals surface area contributed by atoms with Crippen molar-refractivity contribution < 1.29 is 0 Å². The van der Waals surface area contributed by atoms with Crippen molar-refractivity contribution in [2.24, 2.45) is 5.92 Å². The van der Waals surface area contributed by atoms with E-state index >= 15 is 0 Å². The second-order valence-corrected chi connectivity index (χ2v) is 7.59. The predicted molar refractivity (Wildman–Crippen MR) is 105 cm³/mol. The standard InChI is InChI=1S/C21H23N5/c1-13-2-4-14(5-3-13)21-25-18(19-20(22)24-10-11-26(19)21)16-6-7-17-15(12-16)8-9-23-17/h6-14,23H,2-5H2,1H3,(H2,22,24). The molecule has 1 aromatic carbocycles. The zero-order chi connectivity index (χ0) is 17.7. The van der Waals surface area contributed by atoms with Crippen LogP contribution in [0.4, 0.5) is 5.82 Å². The number of H-pyrrole nitrogens is 1. The largest absolute Gasteiger partial charge is 0.382 e. The van der Waals surface area contributed by atoms with Crippen molar-refractivity contribution in [3.63, 3.8) is 0 Å². The Morgan fingerprint density at radius 3 is 2.85 bits per heavy atom. The van der Waals surface area contributed by atoms with Crippen LogP contribution >= 0.6 is 0 Å². The first kappa shape index (κ1) is 15.4. The Hall–Kier alpha value is -2.82. The zero-order valence-electron chi connectivity index (χ0n) is 14.9. The van der Waals surface area contributed by atoms with Gasteiger partial charge in [0.05, 0.1) is 0 Å². The van der Waals surface area contributed by atoms with Gasteiger partial charge in [-0.05, 0) is 37.0 Å². The van der Waals surface area contributed by atoms with Crippen LogP contribution in [0.15, 0.2) is 42.9 Å². The average molecular weight is 345 g/mol. The quantitative estimate of drug-likeness (QED) is 0.550. The van der Waals surface area contributed by atoms with Gasteiger partial charge in [-0.1, -0.05) is 25.8 Å². The molecule has 3 N–H and O–H groups in total. The highest BCUT2D eigenvalue weighted by Gasteiger charge is 2.26. The van der Waals surface area contributed by atoms with Crippen LogP contribution in [0.1, 0.15) is 44.3 Å². The van der Waals surface area contributed by atoms with E-state index < -0.39 is 0 Å². The molecule has 5 rings (SSSR count). The molecule has 5 heteroatoms. The molecule has 26 heavy (non-hydrogen) atoms. The molecule has 0 amide bonds. The van der Waals surface area contributed by atoms with E-state index in [2.05, 4.69) is 45.6 Å². The van der Waals surface area contributed by atoms with Gasteiger partial charge in [0.1, 0.15) is 22.9 Å². The Labute approximate surface area is 152 Å². The van der Waals surface area contributed by atoms with Crippen molar-refractivity contribution >= 4 is 22.2 Å². The average Bonchev–Trinajstić information content (AvgIpc) is 3.27. The summed E-state index contributed by atoms with van der Waals surface area (Å²) in [5.41, 5.74) is 10.4. The first-order valence-electron chi connectivity index (χ1n) is 9.40. The smallest absolute Gasteiger partial charge is 0.150 e. The number of nitrogens with zero attached hydrogens (tertiary/aromatic N) is 3. The van der Waals surface area contributed by atoms with Gasteiger partial charge < -0.3 is 10.7 Å². The number of anilines is 1. The van der Waals surface area contributed by atoms with Gasteiger partial charge in [-0.2, -0.15) is 0 Å². The molecule has 0 unspecified atom stereocenters. The summed E-state index contributed by atoms with van der Waals surface area (Å²) in [6.07, 6.45) is 10.7. The van der Waals surface area contributed by atoms with E-state index in [1.807, 2.05) is 12.4 Å². The summed E-state index contributed by atoms with van der Waals surface area (Å²) >= 11 is 0. The van der Waals surface area contributed by atoms with Gasteiger partial charge in [0.2, 0.25) is 0 Å². The summed E-state index contributed by atoms with van der Waals surface area (Å²) in [5.74, 6) is 2.98. The normalized spacial score (nSPS) is 20.8. The highest BCUT2D eigenvalue weighted by atomic mass is 15.1. The number of nitrogens with two attached hydrogens (primary N) is 1. The van der Waals surface area contributed by atoms with Crippen LogP contribution < -0.4 is 5.73 Å². The fourth-order valence-electron chi connectivity index (χ4n) is 4.30. The van der Waals surface area contributed by atoms with Crippen molar-refractivity contribution in [1.82, 2.24) is 19.4 Å². The number of hydrogen-bond acceptors (Lipinski definition) is 3. The molecular formula is C21H23N5. The van der Waals surface area contributed by atoms with Gasteiger partial charge in [0.25, 0.3) is 0 Å². The van der Waals surface area contributed by atoms with Crippen LogP contribution in [0.5, 0.6) is 0 Å². The molecule has 0 radical (unpaired) electrons. The lowest BCUT2D eigenvalue weighted by Crippen LogP contribution is -2.13. The number of rotatable bonds is 2. The molecule has 1 fully saturated rings. The molecule has 1 aliphatic carbocycles. The minimum absolute atomic E-state index is 0.491. The molecule has 1 saturated carbocycles. The first-order valence-corrected chi connectivity index (χ1v) is 9.40. The fraction of sp³-hybridized carbons (Fsp3) is 0.333. The van der Waals surface area contributed by atoms with Gasteiger partial charge >= 0.3 is 0 Å².